The van der Waals surface area contributed by atoms with E-state index < -0.39 is 5.83 Å². The lowest BCUT2D eigenvalue weighted by Gasteiger charge is -2.03. The molecule has 1 aromatic heterocycles. The average Bonchev–Trinajstić information content (AvgIpc) is 2.65. The highest BCUT2D eigenvalue weighted by atomic mass is 32.1. The van der Waals surface area contributed by atoms with Crippen LogP contribution in [0.15, 0.2) is 49.0 Å². The second kappa shape index (κ2) is 5.48. The van der Waals surface area contributed by atoms with Crippen LogP contribution in [0.2, 0.25) is 0 Å². The van der Waals surface area contributed by atoms with Gasteiger partial charge in [0.2, 0.25) is 0 Å². The molecule has 0 saturated carbocycles. The fourth-order valence-electron chi connectivity index (χ4n) is 0.918. The van der Waals surface area contributed by atoms with E-state index in [9.17, 15) is 4.39 Å². The van der Waals surface area contributed by atoms with Gasteiger partial charge in [-0.15, -0.1) is 11.3 Å². The average molecular weight is 225 g/mol. The predicted octanol–water partition coefficient (Wildman–Crippen LogP) is 3.14. The van der Waals surface area contributed by atoms with Crippen LogP contribution in [0.25, 0.3) is 0 Å². The van der Waals surface area contributed by atoms with Crippen molar-refractivity contribution in [2.24, 2.45) is 5.73 Å². The zero-order valence-corrected chi connectivity index (χ0v) is 9.02. The Kier molecular flexibility index (Phi) is 4.27. The predicted molar refractivity (Wildman–Crippen MR) is 61.4 cm³/mol. The minimum Gasteiger partial charge on any atom is -0.444 e. The molecule has 0 aliphatic heterocycles. The molecule has 1 aromatic rings. The van der Waals surface area contributed by atoms with Gasteiger partial charge in [-0.05, 0) is 18.2 Å². The van der Waals surface area contributed by atoms with E-state index in [4.69, 9.17) is 10.5 Å². The molecule has 0 radical (unpaired) electrons. The third-order valence-electron chi connectivity index (χ3n) is 1.59. The van der Waals surface area contributed by atoms with Crippen LogP contribution in [-0.2, 0) is 6.54 Å². The molecule has 0 spiro atoms. The highest BCUT2D eigenvalue weighted by Crippen LogP contribution is 2.27. The van der Waals surface area contributed by atoms with Gasteiger partial charge in [0.05, 0.1) is 0 Å². The molecule has 80 valence electrons. The van der Waals surface area contributed by atoms with Crippen molar-refractivity contribution in [3.8, 4) is 5.06 Å². The zero-order valence-electron chi connectivity index (χ0n) is 8.20. The van der Waals surface area contributed by atoms with Crippen LogP contribution in [0.4, 0.5) is 4.39 Å². The van der Waals surface area contributed by atoms with Crippen LogP contribution < -0.4 is 10.5 Å². The number of hydrogen-bond donors (Lipinski definition) is 1. The van der Waals surface area contributed by atoms with Crippen LogP contribution in [-0.4, -0.2) is 0 Å². The number of halogens is 1. The Hall–Kier alpha value is -1.39. The van der Waals surface area contributed by atoms with Gasteiger partial charge in [0.25, 0.3) is 0 Å². The maximum absolute atomic E-state index is 12.9. The highest BCUT2D eigenvalue weighted by molar-refractivity contribution is 7.13. The summed E-state index contributed by atoms with van der Waals surface area (Å²) in [4.78, 5) is 0.979. The van der Waals surface area contributed by atoms with Crippen molar-refractivity contribution in [1.82, 2.24) is 0 Å². The first kappa shape index (κ1) is 11.7. The maximum atomic E-state index is 12.9. The second-order valence-electron chi connectivity index (χ2n) is 2.70. The van der Waals surface area contributed by atoms with E-state index in [0.717, 1.165) is 4.88 Å². The first-order valence-electron chi connectivity index (χ1n) is 4.31. The molecule has 0 unspecified atom stereocenters. The van der Waals surface area contributed by atoms with Crippen molar-refractivity contribution in [2.75, 3.05) is 0 Å². The Balaban J connectivity index is 2.78. The molecule has 0 bridgehead atoms. The van der Waals surface area contributed by atoms with E-state index in [1.807, 2.05) is 6.07 Å². The van der Waals surface area contributed by atoms with E-state index in [1.54, 1.807) is 6.07 Å². The van der Waals surface area contributed by atoms with E-state index >= 15 is 0 Å². The number of rotatable bonds is 5. The molecule has 4 heteroatoms. The lowest BCUT2D eigenvalue weighted by Crippen LogP contribution is -1.93. The Bertz CT molecular complexity index is 395. The largest absolute Gasteiger partial charge is 0.444 e. The monoisotopic (exact) mass is 225 g/mol. The van der Waals surface area contributed by atoms with Crippen LogP contribution in [0.3, 0.4) is 0 Å². The van der Waals surface area contributed by atoms with E-state index in [1.165, 1.54) is 23.5 Å². The third kappa shape index (κ3) is 3.34. The summed E-state index contributed by atoms with van der Waals surface area (Å²) in [5.41, 5.74) is 5.44. The Morgan fingerprint density at radius 2 is 2.33 bits per heavy atom. The number of allylic oxidation sites excluding steroid dienone is 3. The molecule has 0 amide bonds. The molecule has 1 heterocycles. The molecular weight excluding hydrogens is 213 g/mol. The molecule has 0 fully saturated rings. The smallest absolute Gasteiger partial charge is 0.181 e. The fourth-order valence-corrected chi connectivity index (χ4v) is 1.66. The summed E-state index contributed by atoms with van der Waals surface area (Å²) in [6.07, 6.45) is 2.86. The standard InChI is InChI=1S/C11H12FNOS/c1-3-4-10(8(2)12)14-11-6-5-9(7-13)15-11/h3-6H,1-2,7,13H2/b10-4+. The Morgan fingerprint density at radius 3 is 2.80 bits per heavy atom. The van der Waals surface area contributed by atoms with Gasteiger partial charge in [0.15, 0.2) is 16.6 Å². The lowest BCUT2D eigenvalue weighted by molar-refractivity contribution is 0.414. The number of hydrogen-bond acceptors (Lipinski definition) is 3. The van der Waals surface area contributed by atoms with Gasteiger partial charge in [-0.1, -0.05) is 19.2 Å². The summed E-state index contributed by atoms with van der Waals surface area (Å²) < 4.78 is 18.1. The lowest BCUT2D eigenvalue weighted by atomic mass is 10.4. The SMILES string of the molecule is C=C/C=C(/Oc1ccc(CN)s1)C(=C)F. The molecule has 0 aromatic carbocycles. The van der Waals surface area contributed by atoms with Crippen molar-refractivity contribution in [1.29, 1.82) is 0 Å². The molecule has 0 aliphatic carbocycles. The molecule has 0 aliphatic rings. The number of ether oxygens (including phenoxy) is 1. The van der Waals surface area contributed by atoms with Crippen LogP contribution in [0.5, 0.6) is 5.06 Å². The summed E-state index contributed by atoms with van der Waals surface area (Å²) >= 11 is 1.37. The van der Waals surface area contributed by atoms with E-state index in [-0.39, 0.29) is 5.76 Å². The molecule has 0 saturated heterocycles. The Labute approximate surface area is 92.2 Å². The first-order chi connectivity index (χ1) is 7.17. The first-order valence-corrected chi connectivity index (χ1v) is 5.13. The van der Waals surface area contributed by atoms with Gasteiger partial charge in [-0.2, -0.15) is 0 Å². The van der Waals surface area contributed by atoms with Gasteiger partial charge in [-0.3, -0.25) is 0 Å². The minimum atomic E-state index is -0.627. The van der Waals surface area contributed by atoms with E-state index in [0.29, 0.717) is 11.6 Å². The van der Waals surface area contributed by atoms with Gasteiger partial charge < -0.3 is 10.5 Å². The fraction of sp³-hybridized carbons (Fsp3) is 0.0909. The molecule has 15 heavy (non-hydrogen) atoms. The van der Waals surface area contributed by atoms with Crippen LogP contribution >= 0.6 is 11.3 Å². The minimum absolute atomic E-state index is 0.0652. The summed E-state index contributed by atoms with van der Waals surface area (Å²) in [6.45, 7) is 7.08. The second-order valence-corrected chi connectivity index (χ2v) is 3.83. The van der Waals surface area contributed by atoms with Crippen molar-refractivity contribution >= 4 is 11.3 Å². The van der Waals surface area contributed by atoms with Crippen LogP contribution in [0.1, 0.15) is 4.88 Å². The molecule has 2 nitrogen and oxygen atoms in total. The van der Waals surface area contributed by atoms with Crippen molar-refractivity contribution in [3.63, 3.8) is 0 Å². The normalized spacial score (nSPS) is 11.2. The van der Waals surface area contributed by atoms with Crippen molar-refractivity contribution in [2.45, 2.75) is 6.54 Å². The summed E-state index contributed by atoms with van der Waals surface area (Å²) in [5, 5.41) is 0.586. The van der Waals surface area contributed by atoms with Gasteiger partial charge in [0, 0.05) is 11.4 Å². The number of thiophene rings is 1. The maximum Gasteiger partial charge on any atom is 0.181 e. The van der Waals surface area contributed by atoms with Crippen LogP contribution in [0, 0.1) is 0 Å². The van der Waals surface area contributed by atoms with Gasteiger partial charge in [-0.25, -0.2) is 4.39 Å². The van der Waals surface area contributed by atoms with Gasteiger partial charge >= 0.3 is 0 Å². The zero-order chi connectivity index (χ0) is 11.3. The molecule has 1 rings (SSSR count). The van der Waals surface area contributed by atoms with E-state index in [2.05, 4.69) is 13.2 Å². The van der Waals surface area contributed by atoms with Crippen molar-refractivity contribution in [3.05, 3.63) is 53.9 Å². The third-order valence-corrected chi connectivity index (χ3v) is 2.57. The van der Waals surface area contributed by atoms with Gasteiger partial charge in [0.1, 0.15) is 0 Å². The topological polar surface area (TPSA) is 35.2 Å². The number of nitrogens with two attached hydrogens (primary N) is 1. The molecular formula is C11H12FNOS. The molecule has 0 atom stereocenters. The van der Waals surface area contributed by atoms with Crippen molar-refractivity contribution < 1.29 is 9.13 Å². The summed E-state index contributed by atoms with van der Waals surface area (Å²) in [5.74, 6) is -0.562. The Morgan fingerprint density at radius 1 is 1.60 bits per heavy atom. The summed E-state index contributed by atoms with van der Waals surface area (Å²) in [6, 6.07) is 3.58. The molecule has 2 N–H and O–H groups in total. The quantitative estimate of drug-likeness (QED) is 0.617. The highest BCUT2D eigenvalue weighted by Gasteiger charge is 2.06. The summed E-state index contributed by atoms with van der Waals surface area (Å²) in [7, 11) is 0.